The van der Waals surface area contributed by atoms with Gasteiger partial charge in [0.15, 0.2) is 12.3 Å². The van der Waals surface area contributed by atoms with Gasteiger partial charge in [-0.1, -0.05) is 29.3 Å². The second-order valence-corrected chi connectivity index (χ2v) is 7.49. The molecule has 0 bridgehead atoms. The maximum absolute atomic E-state index is 12.4. The van der Waals surface area contributed by atoms with Crippen molar-refractivity contribution in [3.63, 3.8) is 0 Å². The summed E-state index contributed by atoms with van der Waals surface area (Å²) in [6, 6.07) is 8.41. The van der Waals surface area contributed by atoms with Crippen LogP contribution in [0, 0.1) is 0 Å². The van der Waals surface area contributed by atoms with Crippen LogP contribution in [0.4, 0.5) is 0 Å². The highest BCUT2D eigenvalue weighted by molar-refractivity contribution is 6.35. The Hall–Kier alpha value is -2.02. The molecular formula is C19H22Cl2N3O3+. The Morgan fingerprint density at radius 3 is 2.63 bits per heavy atom. The lowest BCUT2D eigenvalue weighted by Gasteiger charge is -2.31. The zero-order valence-electron chi connectivity index (χ0n) is 15.0. The molecule has 27 heavy (non-hydrogen) atoms. The van der Waals surface area contributed by atoms with E-state index in [1.54, 1.807) is 29.2 Å². The number of carbonyl (C=O) groups excluding carboxylic acids is 2. The van der Waals surface area contributed by atoms with Crippen LogP contribution in [-0.2, 0) is 4.79 Å². The minimum absolute atomic E-state index is 0.0469. The third-order valence-corrected chi connectivity index (χ3v) is 5.27. The molecule has 2 aromatic rings. The van der Waals surface area contributed by atoms with E-state index in [9.17, 15) is 9.59 Å². The quantitative estimate of drug-likeness (QED) is 0.789. The van der Waals surface area contributed by atoms with Gasteiger partial charge in [0.1, 0.15) is 0 Å². The molecule has 2 N–H and O–H groups in total. The van der Waals surface area contributed by atoms with Crippen LogP contribution in [0.5, 0.6) is 0 Å². The van der Waals surface area contributed by atoms with Crippen molar-refractivity contribution >= 4 is 35.0 Å². The predicted molar refractivity (Wildman–Crippen MR) is 103 cm³/mol. The maximum Gasteiger partial charge on any atom is 0.289 e. The van der Waals surface area contributed by atoms with E-state index in [2.05, 4.69) is 5.32 Å². The second-order valence-electron chi connectivity index (χ2n) is 6.65. The van der Waals surface area contributed by atoms with Crippen molar-refractivity contribution in [2.24, 2.45) is 0 Å². The van der Waals surface area contributed by atoms with Crippen LogP contribution in [0.2, 0.25) is 10.0 Å². The largest absolute Gasteiger partial charge is 0.459 e. The number of piperazine rings is 1. The van der Waals surface area contributed by atoms with Crippen molar-refractivity contribution < 1.29 is 18.9 Å². The lowest BCUT2D eigenvalue weighted by molar-refractivity contribution is -0.896. The first kappa shape index (κ1) is 19.7. The highest BCUT2D eigenvalue weighted by atomic mass is 35.5. The van der Waals surface area contributed by atoms with Gasteiger partial charge in [-0.2, -0.15) is 0 Å². The molecule has 0 unspecified atom stereocenters. The Morgan fingerprint density at radius 1 is 1.26 bits per heavy atom. The van der Waals surface area contributed by atoms with Crippen LogP contribution in [0.1, 0.15) is 29.1 Å². The zero-order chi connectivity index (χ0) is 19.4. The van der Waals surface area contributed by atoms with Gasteiger partial charge >= 0.3 is 0 Å². The number of rotatable bonds is 5. The van der Waals surface area contributed by atoms with Crippen molar-refractivity contribution in [3.05, 3.63) is 58.0 Å². The summed E-state index contributed by atoms with van der Waals surface area (Å²) in [6.45, 7) is 4.88. The Labute approximate surface area is 168 Å². The van der Waals surface area contributed by atoms with E-state index in [0.717, 1.165) is 23.6 Å². The first-order valence-corrected chi connectivity index (χ1v) is 9.60. The van der Waals surface area contributed by atoms with E-state index < -0.39 is 0 Å². The van der Waals surface area contributed by atoms with Gasteiger partial charge in [-0.15, -0.1) is 0 Å². The molecule has 1 aliphatic rings. The zero-order valence-corrected chi connectivity index (χ0v) is 16.5. The number of amides is 2. The molecule has 1 aromatic heterocycles. The molecule has 0 radical (unpaired) electrons. The van der Waals surface area contributed by atoms with Gasteiger partial charge < -0.3 is 19.5 Å². The van der Waals surface area contributed by atoms with Crippen molar-refractivity contribution in [2.75, 3.05) is 32.7 Å². The van der Waals surface area contributed by atoms with Crippen LogP contribution in [0.15, 0.2) is 41.0 Å². The number of furan rings is 1. The summed E-state index contributed by atoms with van der Waals surface area (Å²) in [5, 5.41) is 4.08. The predicted octanol–water partition coefficient (Wildman–Crippen LogP) is 1.80. The Kier molecular flexibility index (Phi) is 6.42. The molecule has 0 spiro atoms. The van der Waals surface area contributed by atoms with Gasteiger partial charge in [0.05, 0.1) is 38.5 Å². The molecule has 1 fully saturated rings. The fraction of sp³-hybridized carbons (Fsp3) is 0.368. The van der Waals surface area contributed by atoms with Crippen LogP contribution in [-0.4, -0.2) is 49.4 Å². The van der Waals surface area contributed by atoms with Crippen molar-refractivity contribution in [1.29, 1.82) is 0 Å². The van der Waals surface area contributed by atoms with E-state index in [0.29, 0.717) is 35.4 Å². The van der Waals surface area contributed by atoms with E-state index in [-0.39, 0.29) is 17.9 Å². The molecule has 1 saturated heterocycles. The monoisotopic (exact) mass is 410 g/mol. The number of quaternary nitrogens is 1. The molecular weight excluding hydrogens is 389 g/mol. The molecule has 1 atom stereocenters. The summed E-state index contributed by atoms with van der Waals surface area (Å²) in [4.78, 5) is 27.6. The van der Waals surface area contributed by atoms with E-state index >= 15 is 0 Å². The minimum Gasteiger partial charge on any atom is -0.459 e. The Bertz CT molecular complexity index is 803. The molecule has 144 valence electrons. The van der Waals surface area contributed by atoms with Crippen LogP contribution in [0.3, 0.4) is 0 Å². The van der Waals surface area contributed by atoms with Crippen molar-refractivity contribution in [3.8, 4) is 0 Å². The summed E-state index contributed by atoms with van der Waals surface area (Å²) in [5.41, 5.74) is 0.832. The number of nitrogens with one attached hydrogen (secondary N) is 2. The van der Waals surface area contributed by atoms with Gasteiger partial charge in [0.2, 0.25) is 0 Å². The number of benzene rings is 1. The van der Waals surface area contributed by atoms with E-state index in [1.807, 2.05) is 13.0 Å². The summed E-state index contributed by atoms with van der Waals surface area (Å²) >= 11 is 12.1. The molecule has 3 rings (SSSR count). The van der Waals surface area contributed by atoms with Gasteiger partial charge in [-0.05, 0) is 36.8 Å². The molecule has 8 heteroatoms. The second kappa shape index (κ2) is 8.78. The normalized spacial score (nSPS) is 16.2. The molecule has 1 aromatic carbocycles. The molecule has 2 heterocycles. The van der Waals surface area contributed by atoms with Gasteiger partial charge in [-0.3, -0.25) is 9.59 Å². The van der Waals surface area contributed by atoms with Gasteiger partial charge in [0.25, 0.3) is 11.8 Å². The average Bonchev–Trinajstić information content (AvgIpc) is 3.16. The number of hydrogen-bond acceptors (Lipinski definition) is 3. The summed E-state index contributed by atoms with van der Waals surface area (Å²) in [6.07, 6.45) is 1.49. The van der Waals surface area contributed by atoms with Crippen LogP contribution < -0.4 is 10.2 Å². The lowest BCUT2D eigenvalue weighted by atomic mass is 10.1. The van der Waals surface area contributed by atoms with E-state index in [1.165, 1.54) is 6.26 Å². The molecule has 6 nitrogen and oxygen atoms in total. The molecule has 0 aliphatic carbocycles. The number of hydrogen-bond donors (Lipinski definition) is 2. The fourth-order valence-electron chi connectivity index (χ4n) is 3.21. The Morgan fingerprint density at radius 2 is 2.00 bits per heavy atom. The Balaban J connectivity index is 1.47. The summed E-state index contributed by atoms with van der Waals surface area (Å²) < 4.78 is 5.16. The smallest absolute Gasteiger partial charge is 0.289 e. The molecule has 2 amide bonds. The average molecular weight is 411 g/mol. The lowest BCUT2D eigenvalue weighted by Crippen LogP contribution is -3.15. The summed E-state index contributed by atoms with van der Waals surface area (Å²) in [7, 11) is 0. The van der Waals surface area contributed by atoms with Gasteiger partial charge in [0, 0.05) is 10.0 Å². The van der Waals surface area contributed by atoms with Crippen LogP contribution >= 0.6 is 23.2 Å². The van der Waals surface area contributed by atoms with Gasteiger partial charge in [-0.25, -0.2) is 0 Å². The third kappa shape index (κ3) is 5.03. The highest BCUT2D eigenvalue weighted by Crippen LogP contribution is 2.25. The van der Waals surface area contributed by atoms with E-state index in [4.69, 9.17) is 27.6 Å². The number of halogens is 2. The standard InChI is InChI=1S/C19H21Cl2N3O3/c1-13(15-5-4-14(20)11-16(15)21)22-18(25)12-23-6-8-24(9-7-23)19(26)17-3-2-10-27-17/h2-5,10-11,13H,6-9,12H2,1H3,(H,22,25)/p+1/t13-/m1/s1. The first-order chi connectivity index (χ1) is 12.9. The third-order valence-electron chi connectivity index (χ3n) is 4.71. The fourth-order valence-corrected chi connectivity index (χ4v) is 3.78. The van der Waals surface area contributed by atoms with Crippen LogP contribution in [0.25, 0.3) is 0 Å². The summed E-state index contributed by atoms with van der Waals surface area (Å²) in [5.74, 6) is 0.202. The first-order valence-electron chi connectivity index (χ1n) is 8.84. The number of nitrogens with zero attached hydrogens (tertiary/aromatic N) is 1. The minimum atomic E-state index is -0.205. The SMILES string of the molecule is C[C@@H](NC(=O)C[NH+]1CCN(C(=O)c2ccco2)CC1)c1ccc(Cl)cc1Cl. The van der Waals surface area contributed by atoms with Crippen molar-refractivity contribution in [2.45, 2.75) is 13.0 Å². The molecule has 1 aliphatic heterocycles. The number of carbonyl (C=O) groups is 2. The maximum atomic E-state index is 12.4. The topological polar surface area (TPSA) is 67.0 Å². The highest BCUT2D eigenvalue weighted by Gasteiger charge is 2.27. The van der Waals surface area contributed by atoms with Crippen molar-refractivity contribution in [1.82, 2.24) is 10.2 Å². The molecule has 0 saturated carbocycles.